The number of nitrogens with one attached hydrogen (secondary N) is 7. The van der Waals surface area contributed by atoms with Crippen molar-refractivity contribution in [1.29, 1.82) is 0 Å². The average molecular weight is 1900 g/mol. The fourth-order valence-electron chi connectivity index (χ4n) is 18.4. The molecule has 2 saturated carbocycles. The standard InChI is InChI=1S/C91H118N16O29/c1-42(2)65-83(121)104-33-17-19-56(104)81(119)100(13)38-62(112)102(15)72(44(5)6)87(125)134-48(11)67(79(117)94-65)96-77(115)54-35-55(92-90(128)132-40-130-85(123)52-25-21-50(22-26-52)36-106-58(108)29-30-59(106)109)46(9)75-69(54)93-71-64(70(74(114)47(10)76(71)136-75)98-91(129)133-41-131-86(124)53-27-23-51(24-28-53)37-107-60(110)31-32-61(107)111)78(116)99-89(127)97-68-49(12)135-88(126)73(45(7)8)103(16)63(113)39-101(14)82(120)57-20-18-34-105(57)84(122)66(43(3)4)95-80(68)118/h29-32,35,42-45,48-53,56-57,65-68,72-73H,17-28,33-34,36-41H2,1-16H3,(H,92,128)(H,94,117)(H,95,118)(H,96,115)(H,98,129)(H2,97,99,116,127). The molecule has 7 aliphatic heterocycles. The van der Waals surface area contributed by atoms with Gasteiger partial charge in [-0.2, -0.15) is 0 Å². The summed E-state index contributed by atoms with van der Waals surface area (Å²) in [4.78, 5) is 328. The number of anilines is 2. The van der Waals surface area contributed by atoms with Crippen molar-refractivity contribution >= 4 is 147 Å². The number of carbonyl (C=O) groups is 21. The summed E-state index contributed by atoms with van der Waals surface area (Å²) >= 11 is 0. The van der Waals surface area contributed by atoms with Crippen LogP contribution in [0, 0.1) is 61.2 Å². The minimum Gasteiger partial charge on any atom is -0.458 e. The van der Waals surface area contributed by atoms with E-state index in [0.29, 0.717) is 38.5 Å². The van der Waals surface area contributed by atoms with Gasteiger partial charge in [-0.15, -0.1) is 0 Å². The fourth-order valence-corrected chi connectivity index (χ4v) is 18.4. The number of fused-ring (bicyclic) bond motifs is 4. The molecule has 7 heterocycles. The summed E-state index contributed by atoms with van der Waals surface area (Å²) in [6.45, 7) is 14.4. The van der Waals surface area contributed by atoms with Crippen LogP contribution in [0.2, 0.25) is 0 Å². The molecule has 1 aromatic rings. The Morgan fingerprint density at radius 3 is 1.32 bits per heavy atom. The van der Waals surface area contributed by atoms with Gasteiger partial charge in [-0.1, -0.05) is 55.4 Å². The van der Waals surface area contributed by atoms with Gasteiger partial charge in [0.25, 0.3) is 35.4 Å². The highest BCUT2D eigenvalue weighted by Gasteiger charge is 2.48. The number of ether oxygens (including phenoxy) is 6. The van der Waals surface area contributed by atoms with Crippen molar-refractivity contribution in [2.45, 2.75) is 221 Å². The van der Waals surface area contributed by atoms with Crippen LogP contribution >= 0.6 is 0 Å². The summed E-state index contributed by atoms with van der Waals surface area (Å²) in [6, 6.07) is -13.0. The number of carbonyl (C=O) groups excluding carboxylic acids is 21. The summed E-state index contributed by atoms with van der Waals surface area (Å²) in [5, 5.41) is 16.8. The maximum atomic E-state index is 16.1. The van der Waals surface area contributed by atoms with Crippen LogP contribution in [0.15, 0.2) is 39.6 Å². The zero-order valence-corrected chi connectivity index (χ0v) is 78.8. The number of cyclic esters (lactones) is 2. The molecule has 0 aromatic heterocycles. The van der Waals surface area contributed by atoms with Gasteiger partial charge in [-0.05, 0) is 146 Å². The van der Waals surface area contributed by atoms with Crippen molar-refractivity contribution in [3.8, 4) is 11.5 Å². The topological polar surface area (TPSA) is 567 Å². The predicted molar refractivity (Wildman–Crippen MR) is 474 cm³/mol. The van der Waals surface area contributed by atoms with Gasteiger partial charge in [0.15, 0.2) is 11.3 Å². The molecule has 0 spiro atoms. The molecule has 6 fully saturated rings. The zero-order chi connectivity index (χ0) is 99.8. The summed E-state index contributed by atoms with van der Waals surface area (Å²) < 4.78 is 40.0. The number of nitrogens with zero attached hydrogens (tertiary/aromatic N) is 9. The van der Waals surface area contributed by atoms with E-state index in [1.54, 1.807) is 55.4 Å². The van der Waals surface area contributed by atoms with Gasteiger partial charge in [-0.3, -0.25) is 107 Å². The second-order valence-electron chi connectivity index (χ2n) is 37.1. The SMILES string of the molecule is Cc1c2oc3c(C)c(NC(=O)OCOC(=O)C4CCC(CN5C(=O)C=CC5=O)CC4)cc(C(=O)NC4C(=O)NC(C(C)C)C(=O)N5CCCC5C(=O)N(C)CC(=O)N(C)C(C(C)C)C(=O)OC4C)c3nc-2c(C(=O)NC(=O)NC2C(=O)NC(C(C)C)C(=O)N3CCCC3C(=O)N(C)CC(=O)N(C)C(C(C)C)C(=O)OC2C)c(NC(=O)OCOC(=O)C2CCC(CN3C(=O)C=CC3=O)CC2)c1=O. The molecular weight excluding hydrogens is 1780 g/mol. The Hall–Kier alpha value is -13.8. The lowest BCUT2D eigenvalue weighted by atomic mass is 9.82. The second kappa shape index (κ2) is 43.7. The molecule has 7 N–H and O–H groups in total. The van der Waals surface area contributed by atoms with Crippen LogP contribution in [0.5, 0.6) is 0 Å². The first kappa shape index (κ1) is 103. The van der Waals surface area contributed by atoms with E-state index in [-0.39, 0.29) is 82.1 Å². The Morgan fingerprint density at radius 2 is 0.912 bits per heavy atom. The lowest BCUT2D eigenvalue weighted by Crippen LogP contribution is -2.62. The molecule has 45 nitrogen and oxygen atoms in total. The molecule has 10 atom stereocenters. The fraction of sp³-hybridized carbons (Fsp3) is 0.593. The quantitative estimate of drug-likeness (QED) is 0.0281. The normalized spacial score (nSPS) is 25.6. The predicted octanol–water partition coefficient (Wildman–Crippen LogP) is 2.41. The minimum absolute atomic E-state index is 0.0363. The molecule has 736 valence electrons. The van der Waals surface area contributed by atoms with E-state index in [4.69, 9.17) is 37.8 Å². The molecule has 4 saturated heterocycles. The number of imide groups is 3. The summed E-state index contributed by atoms with van der Waals surface area (Å²) in [6.07, 6.45) is 1.65. The third kappa shape index (κ3) is 23.0. The lowest BCUT2D eigenvalue weighted by molar-refractivity contribution is -0.163. The molecule has 18 amide bonds. The van der Waals surface area contributed by atoms with Gasteiger partial charge in [0.1, 0.15) is 77.4 Å². The van der Waals surface area contributed by atoms with Crippen molar-refractivity contribution in [2.75, 3.05) is 91.7 Å². The Morgan fingerprint density at radius 1 is 0.500 bits per heavy atom. The van der Waals surface area contributed by atoms with Crippen molar-refractivity contribution in [3.05, 3.63) is 62.8 Å². The van der Waals surface area contributed by atoms with Gasteiger partial charge < -0.3 is 83.5 Å². The third-order valence-electron chi connectivity index (χ3n) is 26.2. The molecule has 0 radical (unpaired) electrons. The second-order valence-corrected chi connectivity index (χ2v) is 37.1. The smallest absolute Gasteiger partial charge is 0.414 e. The largest absolute Gasteiger partial charge is 0.458 e. The number of hydrogen-bond donors (Lipinski definition) is 7. The van der Waals surface area contributed by atoms with Gasteiger partial charge in [0.2, 0.25) is 66.3 Å². The number of aromatic nitrogens is 1. The van der Waals surface area contributed by atoms with Gasteiger partial charge >= 0.3 is 42.1 Å². The van der Waals surface area contributed by atoms with Crippen LogP contribution in [0.3, 0.4) is 0 Å². The summed E-state index contributed by atoms with van der Waals surface area (Å²) in [5.74, 6) is -21.0. The highest BCUT2D eigenvalue weighted by atomic mass is 16.7. The van der Waals surface area contributed by atoms with E-state index in [2.05, 4.69) is 31.9 Å². The van der Waals surface area contributed by atoms with Gasteiger partial charge in [0, 0.05) is 89.8 Å². The number of urea groups is 1. The molecule has 11 rings (SSSR count). The molecule has 0 bridgehead atoms. The van der Waals surface area contributed by atoms with E-state index >= 15 is 28.8 Å². The molecule has 3 aliphatic carbocycles. The molecular formula is C91H118N16O29. The van der Waals surface area contributed by atoms with Crippen molar-refractivity contribution in [2.24, 2.45) is 47.3 Å². The number of hydrogen-bond acceptors (Lipinski definition) is 30. The Kier molecular flexibility index (Phi) is 33.0. The van der Waals surface area contributed by atoms with Crippen molar-refractivity contribution in [1.82, 2.24) is 70.8 Å². The number of rotatable bonds is 20. The molecule has 45 heteroatoms. The van der Waals surface area contributed by atoms with Crippen LogP contribution in [-0.4, -0.2) is 311 Å². The number of aryl methyl sites for hydroxylation is 1. The van der Waals surface area contributed by atoms with E-state index in [1.165, 1.54) is 64.0 Å². The zero-order valence-electron chi connectivity index (χ0n) is 78.8. The first-order valence-electron chi connectivity index (χ1n) is 45.5. The van der Waals surface area contributed by atoms with E-state index in [1.807, 2.05) is 5.32 Å². The van der Waals surface area contributed by atoms with Crippen LogP contribution in [0.25, 0.3) is 22.6 Å². The molecule has 136 heavy (non-hydrogen) atoms. The number of benzene rings is 2. The first-order chi connectivity index (χ1) is 64.2. The van der Waals surface area contributed by atoms with Gasteiger partial charge in [-0.25, -0.2) is 29.0 Å². The van der Waals surface area contributed by atoms with E-state index in [9.17, 15) is 76.7 Å². The highest BCUT2D eigenvalue weighted by Crippen LogP contribution is 2.40. The van der Waals surface area contributed by atoms with Crippen LogP contribution in [0.1, 0.15) is 178 Å². The van der Waals surface area contributed by atoms with E-state index in [0.717, 1.165) is 61.5 Å². The third-order valence-corrected chi connectivity index (χ3v) is 26.2. The number of esters is 4. The monoisotopic (exact) mass is 1900 g/mol. The maximum Gasteiger partial charge on any atom is 0.414 e. The van der Waals surface area contributed by atoms with Crippen molar-refractivity contribution in [3.63, 3.8) is 0 Å². The minimum atomic E-state index is -2.13. The first-order valence-corrected chi connectivity index (χ1v) is 45.5. The highest BCUT2D eigenvalue weighted by molar-refractivity contribution is 6.16. The summed E-state index contributed by atoms with van der Waals surface area (Å²) in [7, 11) is 5.29. The summed E-state index contributed by atoms with van der Waals surface area (Å²) in [5.41, 5.74) is -7.50. The average Bonchev–Trinajstić information content (AvgIpc) is 0.912. The molecule has 1 aromatic carbocycles. The van der Waals surface area contributed by atoms with Crippen molar-refractivity contribution < 1.29 is 134 Å². The van der Waals surface area contributed by atoms with E-state index < -0.39 is 304 Å². The molecule has 10 unspecified atom stereocenters. The lowest BCUT2D eigenvalue weighted by Gasteiger charge is -2.36. The van der Waals surface area contributed by atoms with Crippen LogP contribution < -0.4 is 42.6 Å². The van der Waals surface area contributed by atoms with Gasteiger partial charge in [0.05, 0.1) is 41.7 Å². The number of amides is 18. The molecule has 10 aliphatic rings. The Balaban J connectivity index is 1.00. The van der Waals surface area contributed by atoms with Crippen LogP contribution in [0.4, 0.5) is 25.8 Å². The maximum absolute atomic E-state index is 16.1. The Bertz CT molecular complexity index is 5360. The van der Waals surface area contributed by atoms with Crippen LogP contribution in [-0.2, 0) is 105 Å². The Labute approximate surface area is 782 Å². The number of likely N-dealkylation sites (N-methyl/N-ethyl adjacent to an activating group) is 4.